The van der Waals surface area contributed by atoms with Crippen LogP contribution in [-0.2, 0) is 16.4 Å². The van der Waals surface area contributed by atoms with Crippen LogP contribution in [0.1, 0.15) is 39.6 Å². The molecule has 1 aromatic rings. The van der Waals surface area contributed by atoms with Crippen molar-refractivity contribution in [2.24, 2.45) is 11.5 Å². The van der Waals surface area contributed by atoms with Gasteiger partial charge in [0.2, 0.25) is 11.8 Å². The molecule has 0 bridgehead atoms. The zero-order valence-corrected chi connectivity index (χ0v) is 12.7. The molecule has 0 radical (unpaired) electrons. The standard InChI is InChI=1S/C12H14F3N3O4S/c1-2-3-7-8(10(16)19)4-6(5-9(7)11(17)20)18-23(21,22)12(13,14)15/h4-5,18H,2-3H2,1H3,(H2,16,19)(H2,17,20). The number of rotatable bonds is 6. The Hall–Kier alpha value is -2.30. The fourth-order valence-electron chi connectivity index (χ4n) is 1.90. The summed E-state index contributed by atoms with van der Waals surface area (Å²) in [6, 6.07) is 1.67. The number of nitrogens with two attached hydrogens (primary N) is 2. The lowest BCUT2D eigenvalue weighted by Gasteiger charge is -2.15. The number of primary amides is 2. The molecule has 1 aromatic carbocycles. The number of alkyl halides is 3. The highest BCUT2D eigenvalue weighted by molar-refractivity contribution is 7.93. The quantitative estimate of drug-likeness (QED) is 0.706. The van der Waals surface area contributed by atoms with Crippen molar-refractivity contribution in [3.63, 3.8) is 0 Å². The van der Waals surface area contributed by atoms with E-state index < -0.39 is 33.0 Å². The molecular formula is C12H14F3N3O4S. The number of carbonyl (C=O) groups is 2. The zero-order valence-electron chi connectivity index (χ0n) is 11.9. The fourth-order valence-corrected chi connectivity index (χ4v) is 2.45. The largest absolute Gasteiger partial charge is 0.516 e. The highest BCUT2D eigenvalue weighted by Gasteiger charge is 2.46. The second-order valence-corrected chi connectivity index (χ2v) is 6.25. The molecule has 0 fully saturated rings. The van der Waals surface area contributed by atoms with Crippen LogP contribution in [0.4, 0.5) is 18.9 Å². The summed E-state index contributed by atoms with van der Waals surface area (Å²) in [6.07, 6.45) is 0.705. The second kappa shape index (κ2) is 6.44. The van der Waals surface area contributed by atoms with Crippen molar-refractivity contribution in [3.8, 4) is 0 Å². The maximum atomic E-state index is 12.4. The van der Waals surface area contributed by atoms with E-state index in [4.69, 9.17) is 11.5 Å². The van der Waals surface area contributed by atoms with Gasteiger partial charge in [0.25, 0.3) is 0 Å². The van der Waals surface area contributed by atoms with Gasteiger partial charge < -0.3 is 11.5 Å². The van der Waals surface area contributed by atoms with Crippen molar-refractivity contribution in [3.05, 3.63) is 28.8 Å². The van der Waals surface area contributed by atoms with Crippen LogP contribution in [0.2, 0.25) is 0 Å². The molecule has 0 saturated heterocycles. The molecule has 0 aliphatic rings. The van der Waals surface area contributed by atoms with Gasteiger partial charge in [-0.05, 0) is 24.1 Å². The van der Waals surface area contributed by atoms with E-state index in [-0.39, 0.29) is 23.1 Å². The summed E-state index contributed by atoms with van der Waals surface area (Å²) < 4.78 is 60.7. The normalized spacial score (nSPS) is 12.0. The lowest BCUT2D eigenvalue weighted by molar-refractivity contribution is -0.0429. The Morgan fingerprint density at radius 2 is 1.57 bits per heavy atom. The van der Waals surface area contributed by atoms with Gasteiger partial charge >= 0.3 is 15.5 Å². The van der Waals surface area contributed by atoms with Crippen LogP contribution in [0.5, 0.6) is 0 Å². The molecule has 11 heteroatoms. The summed E-state index contributed by atoms with van der Waals surface area (Å²) in [5.74, 6) is -2.05. The van der Waals surface area contributed by atoms with Crippen molar-refractivity contribution in [2.75, 3.05) is 4.72 Å². The Balaban J connectivity index is 3.53. The monoisotopic (exact) mass is 353 g/mol. The van der Waals surface area contributed by atoms with Gasteiger partial charge in [0.1, 0.15) is 0 Å². The SMILES string of the molecule is CCCc1c(C(N)=O)cc(NS(=O)(=O)C(F)(F)F)cc1C(N)=O. The van der Waals surface area contributed by atoms with E-state index in [2.05, 4.69) is 0 Å². The van der Waals surface area contributed by atoms with E-state index in [0.29, 0.717) is 6.42 Å². The Labute approximate surface area is 129 Å². The van der Waals surface area contributed by atoms with Crippen molar-refractivity contribution >= 4 is 27.5 Å². The molecule has 0 atom stereocenters. The van der Waals surface area contributed by atoms with E-state index in [1.165, 1.54) is 4.72 Å². The van der Waals surface area contributed by atoms with Gasteiger partial charge in [0.15, 0.2) is 0 Å². The lowest BCUT2D eigenvalue weighted by Crippen LogP contribution is -2.30. The molecule has 23 heavy (non-hydrogen) atoms. The number of carbonyl (C=O) groups excluding carboxylic acids is 2. The first-order chi connectivity index (χ1) is 10.4. The van der Waals surface area contributed by atoms with Gasteiger partial charge in [-0.2, -0.15) is 21.6 Å². The number of hydrogen-bond acceptors (Lipinski definition) is 4. The summed E-state index contributed by atoms with van der Waals surface area (Å²) in [5.41, 5.74) is 3.69. The van der Waals surface area contributed by atoms with E-state index in [9.17, 15) is 31.2 Å². The number of halogens is 3. The summed E-state index contributed by atoms with van der Waals surface area (Å²) in [5, 5.41) is 0. The maximum Gasteiger partial charge on any atom is 0.516 e. The van der Waals surface area contributed by atoms with Gasteiger partial charge in [-0.15, -0.1) is 0 Å². The van der Waals surface area contributed by atoms with E-state index in [1.807, 2.05) is 0 Å². The molecule has 1 rings (SSSR count). The molecular weight excluding hydrogens is 339 g/mol. The number of sulfonamides is 1. The summed E-state index contributed by atoms with van der Waals surface area (Å²) in [4.78, 5) is 22.9. The van der Waals surface area contributed by atoms with Crippen LogP contribution in [-0.4, -0.2) is 25.7 Å². The van der Waals surface area contributed by atoms with Crippen LogP contribution in [0.15, 0.2) is 12.1 Å². The third-order valence-corrected chi connectivity index (χ3v) is 3.95. The van der Waals surface area contributed by atoms with Gasteiger partial charge in [0, 0.05) is 11.1 Å². The van der Waals surface area contributed by atoms with Gasteiger partial charge in [-0.25, -0.2) is 0 Å². The molecule has 7 nitrogen and oxygen atoms in total. The number of anilines is 1. The predicted molar refractivity (Wildman–Crippen MR) is 76.1 cm³/mol. The number of nitrogens with one attached hydrogen (secondary N) is 1. The van der Waals surface area contributed by atoms with Crippen molar-refractivity contribution in [1.82, 2.24) is 0 Å². The van der Waals surface area contributed by atoms with Crippen LogP contribution in [0.25, 0.3) is 0 Å². The maximum absolute atomic E-state index is 12.4. The fraction of sp³-hybridized carbons (Fsp3) is 0.333. The first kappa shape index (κ1) is 18.7. The van der Waals surface area contributed by atoms with Crippen molar-refractivity contribution < 1.29 is 31.2 Å². The van der Waals surface area contributed by atoms with E-state index >= 15 is 0 Å². The summed E-state index contributed by atoms with van der Waals surface area (Å²) in [6.45, 7) is 1.73. The molecule has 5 N–H and O–H groups in total. The Bertz CT molecular complexity index is 709. The van der Waals surface area contributed by atoms with Gasteiger partial charge in [0.05, 0.1) is 5.69 Å². The van der Waals surface area contributed by atoms with E-state index in [1.54, 1.807) is 6.92 Å². The minimum atomic E-state index is -5.72. The lowest BCUT2D eigenvalue weighted by atomic mass is 9.95. The molecule has 0 aliphatic carbocycles. The van der Waals surface area contributed by atoms with Gasteiger partial charge in [-0.3, -0.25) is 14.3 Å². The number of benzene rings is 1. The predicted octanol–water partition coefficient (Wildman–Crippen LogP) is 1.10. The topological polar surface area (TPSA) is 132 Å². The van der Waals surface area contributed by atoms with Crippen molar-refractivity contribution in [2.45, 2.75) is 25.3 Å². The molecule has 0 aromatic heterocycles. The molecule has 0 unspecified atom stereocenters. The molecule has 0 heterocycles. The zero-order chi connectivity index (χ0) is 18.0. The van der Waals surface area contributed by atoms with E-state index in [0.717, 1.165) is 12.1 Å². The number of hydrogen-bond donors (Lipinski definition) is 3. The third-order valence-electron chi connectivity index (χ3n) is 2.84. The highest BCUT2D eigenvalue weighted by atomic mass is 32.2. The summed E-state index contributed by atoms with van der Waals surface area (Å²) >= 11 is 0. The molecule has 0 saturated carbocycles. The molecule has 2 amide bonds. The van der Waals surface area contributed by atoms with Crippen molar-refractivity contribution in [1.29, 1.82) is 0 Å². The molecule has 0 spiro atoms. The Morgan fingerprint density at radius 3 is 1.87 bits per heavy atom. The molecule has 128 valence electrons. The summed E-state index contributed by atoms with van der Waals surface area (Å²) in [7, 11) is -5.72. The minimum Gasteiger partial charge on any atom is -0.366 e. The van der Waals surface area contributed by atoms with Crippen LogP contribution in [0.3, 0.4) is 0 Å². The van der Waals surface area contributed by atoms with Crippen LogP contribution >= 0.6 is 0 Å². The van der Waals surface area contributed by atoms with Crippen LogP contribution in [0, 0.1) is 0 Å². The smallest absolute Gasteiger partial charge is 0.366 e. The average Bonchev–Trinajstić information content (AvgIpc) is 2.38. The Kier molecular flexibility index (Phi) is 5.25. The second-order valence-electron chi connectivity index (χ2n) is 4.58. The molecule has 0 aliphatic heterocycles. The average molecular weight is 353 g/mol. The van der Waals surface area contributed by atoms with Gasteiger partial charge in [-0.1, -0.05) is 13.3 Å². The minimum absolute atomic E-state index is 0.155. The third kappa shape index (κ3) is 4.12. The first-order valence-corrected chi connectivity index (χ1v) is 7.74. The highest BCUT2D eigenvalue weighted by Crippen LogP contribution is 2.28. The number of amides is 2. The van der Waals surface area contributed by atoms with Crippen LogP contribution < -0.4 is 16.2 Å². The Morgan fingerprint density at radius 1 is 1.13 bits per heavy atom. The first-order valence-electron chi connectivity index (χ1n) is 6.26.